The molecule has 2 aliphatic carbocycles. The van der Waals surface area contributed by atoms with Crippen molar-refractivity contribution in [3.63, 3.8) is 0 Å². The van der Waals surface area contributed by atoms with Crippen molar-refractivity contribution in [2.45, 2.75) is 25.2 Å². The predicted octanol–water partition coefficient (Wildman–Crippen LogP) is 4.68. The molecule has 2 aliphatic rings. The topological polar surface area (TPSA) is 0 Å². The van der Waals surface area contributed by atoms with Crippen LogP contribution in [-0.4, -0.2) is 0 Å². The van der Waals surface area contributed by atoms with E-state index in [1.807, 2.05) is 0 Å². The third kappa shape index (κ3) is 2.00. The van der Waals surface area contributed by atoms with Crippen LogP contribution in [0, 0.1) is 12.3 Å². The molecule has 0 aliphatic heterocycles. The van der Waals surface area contributed by atoms with Crippen LogP contribution in [0.15, 0.2) is 54.6 Å². The normalized spacial score (nSPS) is 24.0. The molecule has 0 aromatic heterocycles. The standard InChI is InChI=1S/C20H18/c1-2-8-17-14-18(13-12-15(17)6-1)20-11-5-9-16-7-3-4-10-19(16)20/h1-10,18,20H,12-14H2. The molecule has 0 bridgehead atoms. The third-order valence-electron chi connectivity index (χ3n) is 4.73. The average Bonchev–Trinajstić information content (AvgIpc) is 2.54. The van der Waals surface area contributed by atoms with E-state index >= 15 is 0 Å². The van der Waals surface area contributed by atoms with E-state index in [-0.39, 0.29) is 0 Å². The lowest BCUT2D eigenvalue weighted by Crippen LogP contribution is -2.23. The largest absolute Gasteiger partial charge is 0.0752 e. The first-order chi connectivity index (χ1) is 9.92. The van der Waals surface area contributed by atoms with Gasteiger partial charge in [0.25, 0.3) is 0 Å². The van der Waals surface area contributed by atoms with Crippen LogP contribution in [0.25, 0.3) is 6.08 Å². The van der Waals surface area contributed by atoms with Gasteiger partial charge in [-0.15, -0.1) is 0 Å². The Labute approximate surface area is 121 Å². The van der Waals surface area contributed by atoms with Gasteiger partial charge in [-0.25, -0.2) is 0 Å². The van der Waals surface area contributed by atoms with Crippen molar-refractivity contribution in [3.8, 4) is 0 Å². The van der Waals surface area contributed by atoms with Gasteiger partial charge in [-0.2, -0.15) is 0 Å². The summed E-state index contributed by atoms with van der Waals surface area (Å²) in [5, 5.41) is 0. The molecular weight excluding hydrogens is 240 g/mol. The molecule has 4 rings (SSSR count). The molecule has 0 fully saturated rings. The molecule has 2 aromatic rings. The molecule has 20 heavy (non-hydrogen) atoms. The van der Waals surface area contributed by atoms with Crippen LogP contribution < -0.4 is 0 Å². The SMILES string of the molecule is [C]1C=Cc2ccccc2C1C1CCc2ccccc2C1. The Hall–Kier alpha value is -1.82. The van der Waals surface area contributed by atoms with Gasteiger partial charge in [0.15, 0.2) is 0 Å². The Bertz CT molecular complexity index is 651. The molecule has 0 saturated carbocycles. The molecule has 0 N–H and O–H groups in total. The minimum atomic E-state index is 0.463. The number of fused-ring (bicyclic) bond motifs is 2. The average molecular weight is 258 g/mol. The van der Waals surface area contributed by atoms with E-state index < -0.39 is 0 Å². The second kappa shape index (κ2) is 4.94. The van der Waals surface area contributed by atoms with E-state index in [4.69, 9.17) is 0 Å². The Kier molecular flexibility index (Phi) is 2.95. The van der Waals surface area contributed by atoms with Gasteiger partial charge >= 0.3 is 0 Å². The van der Waals surface area contributed by atoms with Gasteiger partial charge in [0.05, 0.1) is 0 Å². The van der Waals surface area contributed by atoms with E-state index in [9.17, 15) is 0 Å². The Balaban J connectivity index is 1.66. The minimum Gasteiger partial charge on any atom is -0.0752 e. The second-order valence-corrected chi connectivity index (χ2v) is 5.88. The number of aryl methyl sites for hydroxylation is 1. The van der Waals surface area contributed by atoms with Crippen molar-refractivity contribution in [2.75, 3.05) is 0 Å². The molecule has 2 aromatic carbocycles. The third-order valence-corrected chi connectivity index (χ3v) is 4.73. The van der Waals surface area contributed by atoms with Gasteiger partial charge in [0, 0.05) is 6.42 Å². The zero-order valence-corrected chi connectivity index (χ0v) is 11.5. The zero-order chi connectivity index (χ0) is 13.4. The van der Waals surface area contributed by atoms with Crippen molar-refractivity contribution in [3.05, 3.63) is 83.3 Å². The first-order valence-corrected chi connectivity index (χ1v) is 7.50. The summed E-state index contributed by atoms with van der Waals surface area (Å²) in [7, 11) is 0. The Morgan fingerprint density at radius 1 is 0.900 bits per heavy atom. The van der Waals surface area contributed by atoms with Crippen LogP contribution in [0.2, 0.25) is 0 Å². The summed E-state index contributed by atoms with van der Waals surface area (Å²) < 4.78 is 0. The molecule has 2 unspecified atom stereocenters. The molecule has 0 saturated heterocycles. The lowest BCUT2D eigenvalue weighted by molar-refractivity contribution is 0.407. The van der Waals surface area contributed by atoms with Crippen LogP contribution >= 0.6 is 0 Å². The van der Waals surface area contributed by atoms with Gasteiger partial charge < -0.3 is 0 Å². The highest BCUT2D eigenvalue weighted by Crippen LogP contribution is 2.40. The maximum absolute atomic E-state index is 3.60. The van der Waals surface area contributed by atoms with E-state index in [2.05, 4.69) is 67.1 Å². The van der Waals surface area contributed by atoms with Crippen LogP contribution in [0.3, 0.4) is 0 Å². The minimum absolute atomic E-state index is 0.463. The predicted molar refractivity (Wildman–Crippen MR) is 83.4 cm³/mol. The highest BCUT2D eigenvalue weighted by Gasteiger charge is 2.29. The first kappa shape index (κ1) is 12.0. The van der Waals surface area contributed by atoms with Crippen LogP contribution in [0.1, 0.15) is 34.6 Å². The molecular formula is C20H18. The molecule has 0 heteroatoms. The molecule has 0 nitrogen and oxygen atoms in total. The van der Waals surface area contributed by atoms with E-state index in [0.29, 0.717) is 11.8 Å². The summed E-state index contributed by atoms with van der Waals surface area (Å²) in [5.74, 6) is 1.15. The second-order valence-electron chi connectivity index (χ2n) is 5.88. The van der Waals surface area contributed by atoms with Gasteiger partial charge in [-0.1, -0.05) is 60.7 Å². The summed E-state index contributed by atoms with van der Waals surface area (Å²) in [6, 6.07) is 17.7. The maximum Gasteiger partial charge on any atom is 0.0168 e. The maximum atomic E-state index is 3.60. The fourth-order valence-electron chi connectivity index (χ4n) is 3.68. The summed E-state index contributed by atoms with van der Waals surface area (Å²) in [6.45, 7) is 0. The summed E-state index contributed by atoms with van der Waals surface area (Å²) in [5.41, 5.74) is 5.91. The summed E-state index contributed by atoms with van der Waals surface area (Å²) in [6.07, 6.45) is 11.6. The lowest BCUT2D eigenvalue weighted by atomic mass is 9.71. The van der Waals surface area contributed by atoms with Gasteiger partial charge in [0.1, 0.15) is 0 Å². The van der Waals surface area contributed by atoms with Crippen molar-refractivity contribution in [1.82, 2.24) is 0 Å². The number of hydrogen-bond donors (Lipinski definition) is 0. The highest BCUT2D eigenvalue weighted by atomic mass is 14.3. The van der Waals surface area contributed by atoms with Crippen molar-refractivity contribution in [2.24, 2.45) is 5.92 Å². The fourth-order valence-corrected chi connectivity index (χ4v) is 3.68. The molecule has 0 spiro atoms. The van der Waals surface area contributed by atoms with Gasteiger partial charge in [-0.05, 0) is 53.4 Å². The Morgan fingerprint density at radius 3 is 2.65 bits per heavy atom. The summed E-state index contributed by atoms with van der Waals surface area (Å²) in [4.78, 5) is 0. The lowest BCUT2D eigenvalue weighted by Gasteiger charge is -2.33. The number of rotatable bonds is 1. The smallest absolute Gasteiger partial charge is 0.0168 e. The van der Waals surface area contributed by atoms with E-state index in [1.54, 1.807) is 5.56 Å². The molecule has 98 valence electrons. The number of allylic oxidation sites excluding steroid dienone is 1. The number of benzene rings is 2. The molecule has 2 radical (unpaired) electrons. The van der Waals surface area contributed by atoms with E-state index in [0.717, 1.165) is 0 Å². The molecule has 0 amide bonds. The van der Waals surface area contributed by atoms with E-state index in [1.165, 1.54) is 36.0 Å². The van der Waals surface area contributed by atoms with Crippen LogP contribution in [-0.2, 0) is 12.8 Å². The highest BCUT2D eigenvalue weighted by molar-refractivity contribution is 5.60. The first-order valence-electron chi connectivity index (χ1n) is 7.50. The zero-order valence-electron chi connectivity index (χ0n) is 11.5. The van der Waals surface area contributed by atoms with Crippen molar-refractivity contribution >= 4 is 6.08 Å². The van der Waals surface area contributed by atoms with Gasteiger partial charge in [-0.3, -0.25) is 0 Å². The van der Waals surface area contributed by atoms with Crippen LogP contribution in [0.4, 0.5) is 0 Å². The quantitative estimate of drug-likeness (QED) is 0.696. The van der Waals surface area contributed by atoms with Crippen LogP contribution in [0.5, 0.6) is 0 Å². The number of hydrogen-bond acceptors (Lipinski definition) is 0. The Morgan fingerprint density at radius 2 is 1.70 bits per heavy atom. The van der Waals surface area contributed by atoms with Gasteiger partial charge in [0.2, 0.25) is 0 Å². The molecule has 0 heterocycles. The van der Waals surface area contributed by atoms with Crippen molar-refractivity contribution < 1.29 is 0 Å². The van der Waals surface area contributed by atoms with Crippen molar-refractivity contribution in [1.29, 1.82) is 0 Å². The summed E-state index contributed by atoms with van der Waals surface area (Å²) >= 11 is 0. The monoisotopic (exact) mass is 258 g/mol. The molecule has 2 atom stereocenters. The fraction of sp³-hybridized carbons (Fsp3) is 0.250.